The molecule has 26 heavy (non-hydrogen) atoms. The SMILES string of the molecule is Cc1ccc(C(=O)N2CCC[C@H](c3nc(C)nc4ncccc34)C2)cn1. The first-order valence-electron chi connectivity index (χ1n) is 8.93. The van der Waals surface area contributed by atoms with E-state index in [1.165, 1.54) is 0 Å². The minimum Gasteiger partial charge on any atom is -0.338 e. The summed E-state index contributed by atoms with van der Waals surface area (Å²) >= 11 is 0. The lowest BCUT2D eigenvalue weighted by molar-refractivity contribution is 0.0706. The lowest BCUT2D eigenvalue weighted by Crippen LogP contribution is -2.39. The molecule has 0 aliphatic carbocycles. The molecule has 1 amide bonds. The Morgan fingerprint density at radius 1 is 1.15 bits per heavy atom. The minimum atomic E-state index is 0.0374. The number of nitrogens with zero attached hydrogens (tertiary/aromatic N) is 5. The summed E-state index contributed by atoms with van der Waals surface area (Å²) in [6, 6.07) is 7.65. The number of aromatic nitrogens is 4. The number of aryl methyl sites for hydroxylation is 2. The van der Waals surface area contributed by atoms with Gasteiger partial charge in [0.15, 0.2) is 5.65 Å². The van der Waals surface area contributed by atoms with Crippen LogP contribution >= 0.6 is 0 Å². The van der Waals surface area contributed by atoms with Crippen LogP contribution < -0.4 is 0 Å². The molecule has 6 nitrogen and oxygen atoms in total. The zero-order valence-corrected chi connectivity index (χ0v) is 15.0. The summed E-state index contributed by atoms with van der Waals surface area (Å²) in [5, 5.41) is 0.981. The second-order valence-electron chi connectivity index (χ2n) is 6.81. The van der Waals surface area contributed by atoms with Gasteiger partial charge < -0.3 is 4.90 Å². The molecule has 3 aromatic rings. The van der Waals surface area contributed by atoms with Crippen LogP contribution in [0.15, 0.2) is 36.7 Å². The minimum absolute atomic E-state index is 0.0374. The van der Waals surface area contributed by atoms with Crippen LogP contribution in [0.5, 0.6) is 0 Å². The fraction of sp³-hybridized carbons (Fsp3) is 0.350. The van der Waals surface area contributed by atoms with E-state index in [2.05, 4.69) is 15.0 Å². The van der Waals surface area contributed by atoms with Crippen LogP contribution in [0.4, 0.5) is 0 Å². The summed E-state index contributed by atoms with van der Waals surface area (Å²) in [6.45, 7) is 5.24. The van der Waals surface area contributed by atoms with Crippen LogP contribution in [0.1, 0.15) is 46.3 Å². The van der Waals surface area contributed by atoms with Gasteiger partial charge in [0.2, 0.25) is 0 Å². The molecule has 0 radical (unpaired) electrons. The maximum Gasteiger partial charge on any atom is 0.255 e. The van der Waals surface area contributed by atoms with Crippen molar-refractivity contribution in [3.05, 3.63) is 59.4 Å². The Kier molecular flexibility index (Phi) is 4.32. The van der Waals surface area contributed by atoms with Gasteiger partial charge in [0.1, 0.15) is 5.82 Å². The summed E-state index contributed by atoms with van der Waals surface area (Å²) < 4.78 is 0. The number of hydrogen-bond donors (Lipinski definition) is 0. The van der Waals surface area contributed by atoms with Crippen molar-refractivity contribution < 1.29 is 4.79 Å². The number of fused-ring (bicyclic) bond motifs is 1. The number of likely N-dealkylation sites (tertiary alicyclic amines) is 1. The van der Waals surface area contributed by atoms with Crippen molar-refractivity contribution in [3.8, 4) is 0 Å². The molecule has 0 spiro atoms. The Morgan fingerprint density at radius 2 is 2.04 bits per heavy atom. The third-order valence-electron chi connectivity index (χ3n) is 4.87. The van der Waals surface area contributed by atoms with Gasteiger partial charge in [-0.2, -0.15) is 0 Å². The molecule has 1 saturated heterocycles. The number of amides is 1. The van der Waals surface area contributed by atoms with Gasteiger partial charge in [0, 0.05) is 42.5 Å². The van der Waals surface area contributed by atoms with Crippen LogP contribution in [0, 0.1) is 13.8 Å². The summed E-state index contributed by atoms with van der Waals surface area (Å²) in [7, 11) is 0. The molecule has 0 unspecified atom stereocenters. The molecule has 0 bridgehead atoms. The van der Waals surface area contributed by atoms with E-state index in [1.54, 1.807) is 12.4 Å². The first-order valence-corrected chi connectivity index (χ1v) is 8.93. The highest BCUT2D eigenvalue weighted by Gasteiger charge is 2.28. The Bertz CT molecular complexity index is 954. The molecule has 0 aromatic carbocycles. The van der Waals surface area contributed by atoms with Gasteiger partial charge in [-0.25, -0.2) is 15.0 Å². The second-order valence-corrected chi connectivity index (χ2v) is 6.81. The molecule has 4 heterocycles. The van der Waals surface area contributed by atoms with Crippen molar-refractivity contribution in [3.63, 3.8) is 0 Å². The zero-order chi connectivity index (χ0) is 18.1. The second kappa shape index (κ2) is 6.78. The smallest absolute Gasteiger partial charge is 0.255 e. The van der Waals surface area contributed by atoms with E-state index < -0.39 is 0 Å². The van der Waals surface area contributed by atoms with Crippen LogP contribution in [-0.2, 0) is 0 Å². The van der Waals surface area contributed by atoms with E-state index in [1.807, 2.05) is 43.0 Å². The zero-order valence-electron chi connectivity index (χ0n) is 15.0. The standard InChI is InChI=1S/C20H21N5O/c1-13-7-8-15(11-22-13)20(26)25-10-4-5-16(12-25)18-17-6-3-9-21-19(17)24-14(2)23-18/h3,6-9,11,16H,4-5,10,12H2,1-2H3/t16-/m0/s1. The summed E-state index contributed by atoms with van der Waals surface area (Å²) in [5.74, 6) is 0.951. The van der Waals surface area contributed by atoms with Gasteiger partial charge in [-0.3, -0.25) is 9.78 Å². The molecule has 3 aromatic heterocycles. The number of carbonyl (C=O) groups excluding carboxylic acids is 1. The van der Waals surface area contributed by atoms with Crippen molar-refractivity contribution in [2.75, 3.05) is 13.1 Å². The van der Waals surface area contributed by atoms with Gasteiger partial charge in [0.25, 0.3) is 5.91 Å². The highest BCUT2D eigenvalue weighted by atomic mass is 16.2. The largest absolute Gasteiger partial charge is 0.338 e. The van der Waals surface area contributed by atoms with Crippen molar-refractivity contribution in [1.29, 1.82) is 0 Å². The lowest BCUT2D eigenvalue weighted by atomic mass is 9.92. The first kappa shape index (κ1) is 16.6. The van der Waals surface area contributed by atoms with E-state index in [0.29, 0.717) is 12.1 Å². The van der Waals surface area contributed by atoms with Crippen molar-refractivity contribution in [2.24, 2.45) is 0 Å². The van der Waals surface area contributed by atoms with Crippen molar-refractivity contribution >= 4 is 16.9 Å². The van der Waals surface area contributed by atoms with E-state index in [-0.39, 0.29) is 11.8 Å². The third-order valence-corrected chi connectivity index (χ3v) is 4.87. The predicted molar refractivity (Wildman–Crippen MR) is 98.9 cm³/mol. The molecule has 6 heteroatoms. The van der Waals surface area contributed by atoms with E-state index in [4.69, 9.17) is 4.98 Å². The molecule has 1 aliphatic rings. The predicted octanol–water partition coefficient (Wildman–Crippen LogP) is 3.06. The quantitative estimate of drug-likeness (QED) is 0.712. The molecular weight excluding hydrogens is 326 g/mol. The van der Waals surface area contributed by atoms with Gasteiger partial charge in [-0.05, 0) is 51.0 Å². The molecule has 1 fully saturated rings. The molecule has 132 valence electrons. The topological polar surface area (TPSA) is 71.9 Å². The van der Waals surface area contributed by atoms with Gasteiger partial charge in [0.05, 0.1) is 11.3 Å². The van der Waals surface area contributed by atoms with Gasteiger partial charge >= 0.3 is 0 Å². The average molecular weight is 347 g/mol. The van der Waals surface area contributed by atoms with Gasteiger partial charge in [-0.15, -0.1) is 0 Å². The molecule has 0 N–H and O–H groups in total. The fourth-order valence-electron chi connectivity index (χ4n) is 3.57. The Hall–Kier alpha value is -2.89. The van der Waals surface area contributed by atoms with Crippen molar-refractivity contribution in [1.82, 2.24) is 24.8 Å². The summed E-state index contributed by atoms with van der Waals surface area (Å²) in [5.41, 5.74) is 3.27. The van der Waals surface area contributed by atoms with Crippen LogP contribution in [0.2, 0.25) is 0 Å². The summed E-state index contributed by atoms with van der Waals surface area (Å²) in [4.78, 5) is 32.5. The average Bonchev–Trinajstić information content (AvgIpc) is 2.67. The van der Waals surface area contributed by atoms with E-state index >= 15 is 0 Å². The van der Waals surface area contributed by atoms with Gasteiger partial charge in [-0.1, -0.05) is 0 Å². The lowest BCUT2D eigenvalue weighted by Gasteiger charge is -2.33. The Morgan fingerprint density at radius 3 is 2.85 bits per heavy atom. The normalized spacial score (nSPS) is 17.5. The highest BCUT2D eigenvalue weighted by Crippen LogP contribution is 2.30. The van der Waals surface area contributed by atoms with Crippen LogP contribution in [0.25, 0.3) is 11.0 Å². The number of carbonyl (C=O) groups is 1. The first-order chi connectivity index (χ1) is 12.6. The Balaban J connectivity index is 1.63. The van der Waals surface area contributed by atoms with E-state index in [0.717, 1.165) is 47.6 Å². The highest BCUT2D eigenvalue weighted by molar-refractivity contribution is 5.94. The van der Waals surface area contributed by atoms with Crippen LogP contribution in [0.3, 0.4) is 0 Å². The molecular formula is C20H21N5O. The number of pyridine rings is 2. The third kappa shape index (κ3) is 3.14. The summed E-state index contributed by atoms with van der Waals surface area (Å²) in [6.07, 6.45) is 5.38. The van der Waals surface area contributed by atoms with Crippen molar-refractivity contribution in [2.45, 2.75) is 32.6 Å². The molecule has 1 atom stereocenters. The maximum absolute atomic E-state index is 12.9. The number of piperidine rings is 1. The molecule has 4 rings (SSSR count). The fourth-order valence-corrected chi connectivity index (χ4v) is 3.57. The molecule has 0 saturated carbocycles. The Labute approximate surface area is 152 Å². The molecule has 1 aliphatic heterocycles. The van der Waals surface area contributed by atoms with E-state index in [9.17, 15) is 4.79 Å². The monoisotopic (exact) mass is 347 g/mol. The van der Waals surface area contributed by atoms with Crippen LogP contribution in [-0.4, -0.2) is 43.8 Å². The number of hydrogen-bond acceptors (Lipinski definition) is 5. The number of rotatable bonds is 2. The maximum atomic E-state index is 12.9.